The summed E-state index contributed by atoms with van der Waals surface area (Å²) in [5.74, 6) is -0.316. The number of hydrogen-bond acceptors (Lipinski definition) is 6. The zero-order chi connectivity index (χ0) is 20.8. The van der Waals surface area contributed by atoms with Gasteiger partial charge < -0.3 is 9.64 Å². The van der Waals surface area contributed by atoms with Gasteiger partial charge in [-0.05, 0) is 25.5 Å². The summed E-state index contributed by atoms with van der Waals surface area (Å²) in [7, 11) is 3.50. The minimum absolute atomic E-state index is 0.311. The van der Waals surface area contributed by atoms with E-state index in [1.54, 1.807) is 11.8 Å². The highest BCUT2D eigenvalue weighted by Gasteiger charge is 2.41. The first kappa shape index (κ1) is 20.3. The molecule has 0 unspecified atom stereocenters. The van der Waals surface area contributed by atoms with Crippen LogP contribution >= 0.6 is 35.7 Å². The Morgan fingerprint density at radius 1 is 1.03 bits per heavy atom. The molecule has 3 nitrogen and oxygen atoms in total. The fourth-order valence-electron chi connectivity index (χ4n) is 3.47. The maximum Gasteiger partial charge on any atom is 0.345 e. The largest absolute Gasteiger partial charge is 0.465 e. The number of nitrogens with zero attached hydrogens (tertiary/aromatic N) is 1. The van der Waals surface area contributed by atoms with Crippen molar-refractivity contribution >= 4 is 62.7 Å². The number of thiocarbonyl (C=S) groups is 1. The van der Waals surface area contributed by atoms with Crippen molar-refractivity contribution in [3.05, 3.63) is 74.9 Å². The first-order valence-corrected chi connectivity index (χ1v) is 11.3. The number of fused-ring (bicyclic) bond motifs is 1. The summed E-state index contributed by atoms with van der Waals surface area (Å²) in [5, 5.41) is 0. The third-order valence-corrected chi connectivity index (χ3v) is 8.69. The third-order valence-electron chi connectivity index (χ3n) is 5.36. The molecule has 29 heavy (non-hydrogen) atoms. The van der Waals surface area contributed by atoms with Gasteiger partial charge in [-0.25, -0.2) is 4.79 Å². The lowest BCUT2D eigenvalue weighted by molar-refractivity contribution is -0.135. The zero-order valence-corrected chi connectivity index (χ0v) is 19.1. The van der Waals surface area contributed by atoms with Crippen LogP contribution in [0.1, 0.15) is 25.0 Å². The van der Waals surface area contributed by atoms with Gasteiger partial charge in [-0.15, -0.1) is 0 Å². The summed E-state index contributed by atoms with van der Waals surface area (Å²) in [6.45, 7) is 4.28. The summed E-state index contributed by atoms with van der Waals surface area (Å²) in [6, 6.07) is 18.3. The number of anilines is 1. The number of esters is 1. The first-order chi connectivity index (χ1) is 13.9. The number of methoxy groups -OCH3 is 1. The number of thioether (sulfide) groups is 2. The van der Waals surface area contributed by atoms with Gasteiger partial charge in [0.05, 0.1) is 16.9 Å². The molecule has 0 fully saturated rings. The van der Waals surface area contributed by atoms with E-state index in [0.717, 1.165) is 36.4 Å². The average Bonchev–Trinajstić information content (AvgIpc) is 3.18. The standard InChI is InChI=1S/C23H21NO2S3/c1-23(2)20(27)17(15-12-8-9-13-16(15)24(23)3)22-28-18(14-10-6-5-7-11-14)19(29-22)21(25)26-4/h5-13H,1-4H3/b22-17-. The van der Waals surface area contributed by atoms with Crippen LogP contribution in [-0.2, 0) is 9.53 Å². The van der Waals surface area contributed by atoms with Crippen molar-refractivity contribution in [3.63, 3.8) is 0 Å². The molecule has 0 aromatic heterocycles. The second-order valence-electron chi connectivity index (χ2n) is 7.35. The summed E-state index contributed by atoms with van der Waals surface area (Å²) in [5.41, 5.74) is 3.98. The van der Waals surface area contributed by atoms with Gasteiger partial charge in [0.1, 0.15) is 4.91 Å². The third kappa shape index (κ3) is 3.33. The Hall–Kier alpha value is -2.02. The quantitative estimate of drug-likeness (QED) is 0.325. The van der Waals surface area contributed by atoms with Gasteiger partial charge in [-0.1, -0.05) is 84.3 Å². The van der Waals surface area contributed by atoms with Crippen molar-refractivity contribution in [1.82, 2.24) is 0 Å². The molecule has 0 aliphatic carbocycles. The molecule has 0 bridgehead atoms. The molecule has 2 aliphatic rings. The van der Waals surface area contributed by atoms with Crippen LogP contribution in [-0.4, -0.2) is 30.5 Å². The summed E-state index contributed by atoms with van der Waals surface area (Å²) < 4.78 is 6.11. The van der Waals surface area contributed by atoms with E-state index in [-0.39, 0.29) is 11.5 Å². The highest BCUT2D eigenvalue weighted by atomic mass is 32.2. The lowest BCUT2D eigenvalue weighted by Crippen LogP contribution is -2.50. The summed E-state index contributed by atoms with van der Waals surface area (Å²) in [6.07, 6.45) is 0. The molecule has 0 saturated heterocycles. The molecule has 0 radical (unpaired) electrons. The maximum absolute atomic E-state index is 12.6. The van der Waals surface area contributed by atoms with E-state index in [1.165, 1.54) is 18.9 Å². The molecule has 2 heterocycles. The summed E-state index contributed by atoms with van der Waals surface area (Å²) in [4.78, 5) is 17.2. The minimum Gasteiger partial charge on any atom is -0.465 e. The van der Waals surface area contributed by atoms with Crippen LogP contribution in [0, 0.1) is 0 Å². The van der Waals surface area contributed by atoms with Crippen LogP contribution in [0.25, 0.3) is 10.5 Å². The Morgan fingerprint density at radius 3 is 2.38 bits per heavy atom. The van der Waals surface area contributed by atoms with E-state index in [4.69, 9.17) is 17.0 Å². The van der Waals surface area contributed by atoms with Gasteiger partial charge in [-0.2, -0.15) is 0 Å². The van der Waals surface area contributed by atoms with Crippen molar-refractivity contribution < 1.29 is 9.53 Å². The Kier molecular flexibility index (Phi) is 5.36. The Bertz CT molecular complexity index is 1070. The van der Waals surface area contributed by atoms with E-state index < -0.39 is 0 Å². The van der Waals surface area contributed by atoms with E-state index >= 15 is 0 Å². The van der Waals surface area contributed by atoms with Gasteiger partial charge in [0.15, 0.2) is 0 Å². The van der Waals surface area contributed by atoms with Crippen molar-refractivity contribution in [3.8, 4) is 0 Å². The molecular formula is C23H21NO2S3. The number of carbonyl (C=O) groups is 1. The lowest BCUT2D eigenvalue weighted by atomic mass is 9.84. The van der Waals surface area contributed by atoms with Crippen LogP contribution in [0.4, 0.5) is 5.69 Å². The van der Waals surface area contributed by atoms with Gasteiger partial charge >= 0.3 is 5.97 Å². The Labute approximate surface area is 185 Å². The predicted molar refractivity (Wildman–Crippen MR) is 129 cm³/mol. The molecule has 0 amide bonds. The van der Waals surface area contributed by atoms with E-state index in [2.05, 4.69) is 37.9 Å². The molecular weight excluding hydrogens is 418 g/mol. The van der Waals surface area contributed by atoms with E-state index in [9.17, 15) is 4.79 Å². The second kappa shape index (κ2) is 7.67. The highest BCUT2D eigenvalue weighted by molar-refractivity contribution is 8.32. The Morgan fingerprint density at radius 2 is 1.69 bits per heavy atom. The summed E-state index contributed by atoms with van der Waals surface area (Å²) >= 11 is 9.05. The number of benzene rings is 2. The zero-order valence-electron chi connectivity index (χ0n) is 16.7. The predicted octanol–water partition coefficient (Wildman–Crippen LogP) is 5.98. The van der Waals surface area contributed by atoms with E-state index in [1.807, 2.05) is 42.5 Å². The number of hydrogen-bond donors (Lipinski definition) is 0. The highest BCUT2D eigenvalue weighted by Crippen LogP contribution is 2.58. The number of rotatable bonds is 2. The Balaban J connectivity index is 1.90. The lowest BCUT2D eigenvalue weighted by Gasteiger charge is -2.44. The molecule has 6 heteroatoms. The van der Waals surface area contributed by atoms with Crippen LogP contribution in [0.2, 0.25) is 0 Å². The van der Waals surface area contributed by atoms with Crippen molar-refractivity contribution in [2.24, 2.45) is 0 Å². The molecule has 0 N–H and O–H groups in total. The minimum atomic E-state index is -0.316. The van der Waals surface area contributed by atoms with Gasteiger partial charge in [-0.3, -0.25) is 0 Å². The smallest absolute Gasteiger partial charge is 0.345 e. The molecule has 2 aliphatic heterocycles. The van der Waals surface area contributed by atoms with Crippen LogP contribution in [0.3, 0.4) is 0 Å². The monoisotopic (exact) mass is 439 g/mol. The molecule has 0 atom stereocenters. The molecule has 2 aromatic rings. The van der Waals surface area contributed by atoms with Crippen molar-refractivity contribution in [2.75, 3.05) is 19.1 Å². The normalized spacial score (nSPS) is 20.7. The van der Waals surface area contributed by atoms with Gasteiger partial charge in [0, 0.05) is 33.6 Å². The topological polar surface area (TPSA) is 29.5 Å². The van der Waals surface area contributed by atoms with Gasteiger partial charge in [0.2, 0.25) is 0 Å². The molecule has 2 aromatic carbocycles. The molecule has 0 spiro atoms. The molecule has 148 valence electrons. The van der Waals surface area contributed by atoms with Crippen molar-refractivity contribution in [2.45, 2.75) is 19.4 Å². The SMILES string of the molecule is COC(=O)C1=C(c2ccccc2)S/C(=C2/C(=S)C(C)(C)N(C)c3ccccc32)S1. The number of para-hydroxylation sites is 1. The second-order valence-corrected chi connectivity index (χ2v) is 10.1. The van der Waals surface area contributed by atoms with Gasteiger partial charge in [0.25, 0.3) is 0 Å². The number of ether oxygens (including phenoxy) is 1. The molecule has 0 saturated carbocycles. The van der Waals surface area contributed by atoms with Crippen LogP contribution in [0.15, 0.2) is 63.7 Å². The van der Waals surface area contributed by atoms with Crippen LogP contribution in [0.5, 0.6) is 0 Å². The maximum atomic E-state index is 12.6. The molecule has 4 rings (SSSR count). The average molecular weight is 440 g/mol. The number of carbonyl (C=O) groups excluding carboxylic acids is 1. The fraction of sp³-hybridized carbons (Fsp3) is 0.217. The first-order valence-electron chi connectivity index (χ1n) is 9.22. The van der Waals surface area contributed by atoms with Crippen molar-refractivity contribution in [1.29, 1.82) is 0 Å². The van der Waals surface area contributed by atoms with E-state index in [0.29, 0.717) is 4.91 Å². The fourth-order valence-corrected chi connectivity index (χ4v) is 6.67. The van der Waals surface area contributed by atoms with Crippen LogP contribution < -0.4 is 4.90 Å².